The number of allylic oxidation sites excluding steroid dienone is 7. The maximum Gasteiger partial charge on any atom is 0.418 e. The number of hydrogen-bond acceptors (Lipinski definition) is 4. The van der Waals surface area contributed by atoms with E-state index in [1.165, 1.54) is 12.2 Å². The van der Waals surface area contributed by atoms with Gasteiger partial charge in [0.1, 0.15) is 11.9 Å². The highest BCUT2D eigenvalue weighted by Gasteiger charge is 2.41. The van der Waals surface area contributed by atoms with Gasteiger partial charge in [0.15, 0.2) is 0 Å². The molecule has 0 saturated carbocycles. The molecule has 174 valence electrons. The van der Waals surface area contributed by atoms with E-state index >= 15 is 0 Å². The van der Waals surface area contributed by atoms with E-state index in [9.17, 15) is 18.4 Å². The molecule has 5 nitrogen and oxygen atoms in total. The van der Waals surface area contributed by atoms with E-state index in [1.54, 1.807) is 26.8 Å². The average molecular weight is 448 g/mol. The number of hydrogen-bond donors (Lipinski definition) is 1. The van der Waals surface area contributed by atoms with Crippen LogP contribution >= 0.6 is 0 Å². The Labute approximate surface area is 189 Å². The lowest BCUT2D eigenvalue weighted by molar-refractivity contribution is -0.0899. The highest BCUT2D eigenvalue weighted by Crippen LogP contribution is 2.38. The van der Waals surface area contributed by atoms with Gasteiger partial charge in [0.05, 0.1) is 11.1 Å². The van der Waals surface area contributed by atoms with Crippen molar-refractivity contribution in [1.82, 2.24) is 14.7 Å². The van der Waals surface area contributed by atoms with Crippen LogP contribution < -0.4 is 0 Å². The van der Waals surface area contributed by atoms with Crippen LogP contribution in [0.4, 0.5) is 13.2 Å². The molecule has 2 aliphatic heterocycles. The molecule has 0 aliphatic carbocycles. The summed E-state index contributed by atoms with van der Waals surface area (Å²) >= 11 is 0. The van der Waals surface area contributed by atoms with Crippen molar-refractivity contribution in [2.24, 2.45) is 0 Å². The topological polar surface area (TPSA) is 57.4 Å². The first-order chi connectivity index (χ1) is 15.0. The van der Waals surface area contributed by atoms with E-state index in [4.69, 9.17) is 5.41 Å². The molecule has 0 aromatic carbocycles. The highest BCUT2D eigenvalue weighted by atomic mass is 19.4. The molecule has 0 amide bonds. The van der Waals surface area contributed by atoms with Crippen LogP contribution in [0.25, 0.3) is 0 Å². The fraction of sp³-hybridized carbons (Fsp3) is 0.500. The van der Waals surface area contributed by atoms with Gasteiger partial charge in [-0.05, 0) is 38.8 Å². The van der Waals surface area contributed by atoms with E-state index in [0.717, 1.165) is 26.2 Å². The largest absolute Gasteiger partial charge is 0.418 e. The molecule has 0 aromatic heterocycles. The standard InChI is InChI=1S/C24H32F3N5/c1-6-8-19(13-17(3)4)23(24(25,26)27)21(14-28)18(5)32-15-20(16-32)30-9-11-31(12-10-30)22(29)7-2/h6-8,20,29H,2-3,9-13,15-16H2,1,4-5H3/b8-6+,21-18+,23-19-,29-22?. The second-order valence-corrected chi connectivity index (χ2v) is 8.28. The lowest BCUT2D eigenvalue weighted by atomic mass is 9.92. The molecule has 0 atom stereocenters. The van der Waals surface area contributed by atoms with E-state index in [2.05, 4.69) is 18.1 Å². The van der Waals surface area contributed by atoms with Gasteiger partial charge in [0.2, 0.25) is 0 Å². The van der Waals surface area contributed by atoms with Crippen LogP contribution in [0.1, 0.15) is 27.2 Å². The Balaban J connectivity index is 2.22. The summed E-state index contributed by atoms with van der Waals surface area (Å²) < 4.78 is 42.2. The summed E-state index contributed by atoms with van der Waals surface area (Å²) in [6, 6.07) is 2.06. The molecule has 0 bridgehead atoms. The molecule has 2 fully saturated rings. The average Bonchev–Trinajstić information content (AvgIpc) is 2.69. The van der Waals surface area contributed by atoms with Crippen molar-refractivity contribution in [1.29, 1.82) is 10.7 Å². The van der Waals surface area contributed by atoms with Crippen molar-refractivity contribution in [3.8, 4) is 6.07 Å². The SMILES string of the molecule is C=CC(=N)N1CCN(C2CN(/C(C)=C(C#N)/C(=C(\C=C\C)CC(=C)C)C(F)(F)F)C2)CC1. The van der Waals surface area contributed by atoms with Gasteiger partial charge in [0.25, 0.3) is 0 Å². The first-order valence-electron chi connectivity index (χ1n) is 10.7. The van der Waals surface area contributed by atoms with Crippen LogP contribution in [0.15, 0.2) is 59.4 Å². The molecule has 2 heterocycles. The van der Waals surface area contributed by atoms with E-state index in [-0.39, 0.29) is 23.6 Å². The van der Waals surface area contributed by atoms with Gasteiger partial charge in [-0.2, -0.15) is 18.4 Å². The van der Waals surface area contributed by atoms with Gasteiger partial charge in [-0.15, -0.1) is 0 Å². The molecule has 0 radical (unpaired) electrons. The summed E-state index contributed by atoms with van der Waals surface area (Å²) in [6.45, 7) is 16.5. The van der Waals surface area contributed by atoms with E-state index in [0.29, 0.717) is 30.2 Å². The molecule has 0 spiro atoms. The van der Waals surface area contributed by atoms with Gasteiger partial charge in [-0.1, -0.05) is 30.9 Å². The fourth-order valence-corrected chi connectivity index (χ4v) is 4.13. The monoisotopic (exact) mass is 447 g/mol. The summed E-state index contributed by atoms with van der Waals surface area (Å²) in [5, 5.41) is 17.6. The predicted octanol–water partition coefficient (Wildman–Crippen LogP) is 4.65. The molecule has 2 rings (SSSR count). The Hall–Kier alpha value is -2.79. The Morgan fingerprint density at radius 3 is 2.19 bits per heavy atom. The maximum absolute atomic E-state index is 14.1. The van der Waals surface area contributed by atoms with Crippen LogP contribution in [0, 0.1) is 16.7 Å². The van der Waals surface area contributed by atoms with Gasteiger partial charge < -0.3 is 9.80 Å². The highest BCUT2D eigenvalue weighted by molar-refractivity contribution is 5.89. The number of piperazine rings is 1. The lowest BCUT2D eigenvalue weighted by Gasteiger charge is -2.49. The van der Waals surface area contributed by atoms with Crippen LogP contribution in [0.3, 0.4) is 0 Å². The molecule has 0 unspecified atom stereocenters. The number of rotatable bonds is 7. The normalized spacial score (nSPS) is 19.8. The van der Waals surface area contributed by atoms with Crippen molar-refractivity contribution in [3.63, 3.8) is 0 Å². The Bertz CT molecular complexity index is 874. The molecule has 1 N–H and O–H groups in total. The smallest absolute Gasteiger partial charge is 0.371 e. The number of amidine groups is 1. The number of nitrogens with zero attached hydrogens (tertiary/aromatic N) is 4. The molecule has 8 heteroatoms. The molecular formula is C24H32F3N5. The second kappa shape index (κ2) is 10.7. The minimum Gasteiger partial charge on any atom is -0.371 e. The molecular weight excluding hydrogens is 415 g/mol. The molecule has 2 aliphatic rings. The first kappa shape index (κ1) is 25.5. The zero-order valence-corrected chi connectivity index (χ0v) is 19.1. The first-order valence-corrected chi connectivity index (χ1v) is 10.7. The van der Waals surface area contributed by atoms with Gasteiger partial charge in [-0.3, -0.25) is 10.3 Å². The zero-order chi connectivity index (χ0) is 24.1. The minimum absolute atomic E-state index is 0.0567. The fourth-order valence-electron chi connectivity index (χ4n) is 4.13. The quantitative estimate of drug-likeness (QED) is 0.203. The van der Waals surface area contributed by atoms with Gasteiger partial charge in [-0.25, -0.2) is 0 Å². The Kier molecular flexibility index (Phi) is 8.51. The minimum atomic E-state index is -4.65. The predicted molar refractivity (Wildman–Crippen MR) is 122 cm³/mol. The van der Waals surface area contributed by atoms with E-state index < -0.39 is 11.7 Å². The third-order valence-electron chi connectivity index (χ3n) is 5.89. The number of nitrogens with one attached hydrogen (secondary N) is 1. The van der Waals surface area contributed by atoms with Crippen LogP contribution in [0.2, 0.25) is 0 Å². The summed E-state index contributed by atoms with van der Waals surface area (Å²) in [7, 11) is 0. The summed E-state index contributed by atoms with van der Waals surface area (Å²) in [5.74, 6) is 0.412. The second-order valence-electron chi connectivity index (χ2n) is 8.28. The molecule has 2 saturated heterocycles. The number of nitriles is 1. The van der Waals surface area contributed by atoms with Crippen LogP contribution in [-0.4, -0.2) is 72.0 Å². The third kappa shape index (κ3) is 5.92. The van der Waals surface area contributed by atoms with Crippen molar-refractivity contribution >= 4 is 5.84 Å². The van der Waals surface area contributed by atoms with Crippen molar-refractivity contribution < 1.29 is 13.2 Å². The lowest BCUT2D eigenvalue weighted by Crippen LogP contribution is -2.62. The maximum atomic E-state index is 14.1. The van der Waals surface area contributed by atoms with Gasteiger partial charge >= 0.3 is 6.18 Å². The summed E-state index contributed by atoms with van der Waals surface area (Å²) in [4.78, 5) is 6.11. The number of halogens is 3. The summed E-state index contributed by atoms with van der Waals surface area (Å²) in [5.41, 5.74) is -0.191. The van der Waals surface area contributed by atoms with Crippen molar-refractivity contribution in [2.45, 2.75) is 39.4 Å². The number of alkyl halides is 3. The zero-order valence-electron chi connectivity index (χ0n) is 19.1. The summed E-state index contributed by atoms with van der Waals surface area (Å²) in [6.07, 6.45) is -0.0853. The van der Waals surface area contributed by atoms with Gasteiger partial charge in [0, 0.05) is 51.0 Å². The molecule has 32 heavy (non-hydrogen) atoms. The molecule has 0 aromatic rings. The van der Waals surface area contributed by atoms with E-state index in [1.807, 2.05) is 15.9 Å². The third-order valence-corrected chi connectivity index (χ3v) is 5.89. The van der Waals surface area contributed by atoms with Crippen LogP contribution in [0.5, 0.6) is 0 Å². The van der Waals surface area contributed by atoms with Crippen molar-refractivity contribution in [3.05, 3.63) is 59.4 Å². The number of likely N-dealkylation sites (tertiary alicyclic amines) is 1. The Morgan fingerprint density at radius 2 is 1.75 bits per heavy atom. The van der Waals surface area contributed by atoms with Crippen molar-refractivity contribution in [2.75, 3.05) is 39.3 Å². The van der Waals surface area contributed by atoms with Crippen LogP contribution in [-0.2, 0) is 0 Å². The Morgan fingerprint density at radius 1 is 1.16 bits per heavy atom.